The highest BCUT2D eigenvalue weighted by atomic mass is 16.5. The molecule has 0 amide bonds. The molecule has 0 aliphatic rings. The van der Waals surface area contributed by atoms with Crippen LogP contribution in [-0.4, -0.2) is 47.9 Å². The molecule has 6 nitrogen and oxygen atoms in total. The topological polar surface area (TPSA) is 87.1 Å². The molecule has 0 saturated carbocycles. The van der Waals surface area contributed by atoms with Gasteiger partial charge in [-0.1, -0.05) is 24.3 Å². The van der Waals surface area contributed by atoms with Crippen molar-refractivity contribution < 1.29 is 24.5 Å². The van der Waals surface area contributed by atoms with Crippen LogP contribution in [0.25, 0.3) is 12.2 Å². The van der Waals surface area contributed by atoms with Crippen LogP contribution >= 0.6 is 0 Å². The zero-order valence-electron chi connectivity index (χ0n) is 16.8. The van der Waals surface area contributed by atoms with Gasteiger partial charge in [-0.2, -0.15) is 0 Å². The maximum absolute atomic E-state index is 12.1. The summed E-state index contributed by atoms with van der Waals surface area (Å²) in [6, 6.07) is 9.80. The van der Waals surface area contributed by atoms with E-state index in [9.17, 15) is 19.8 Å². The molecule has 2 N–H and O–H groups in total. The van der Waals surface area contributed by atoms with E-state index in [0.29, 0.717) is 17.9 Å². The third kappa shape index (κ3) is 6.93. The lowest BCUT2D eigenvalue weighted by Crippen LogP contribution is -2.10. The van der Waals surface area contributed by atoms with Crippen molar-refractivity contribution >= 4 is 23.7 Å². The van der Waals surface area contributed by atoms with Crippen LogP contribution in [0, 0.1) is 0 Å². The van der Waals surface area contributed by atoms with Gasteiger partial charge in [0.1, 0.15) is 5.75 Å². The number of ketones is 2. The Hall–Kier alpha value is -3.38. The summed E-state index contributed by atoms with van der Waals surface area (Å²) in [5, 5.41) is 19.5. The molecule has 2 aromatic carbocycles. The van der Waals surface area contributed by atoms with E-state index in [1.54, 1.807) is 42.5 Å². The quantitative estimate of drug-likeness (QED) is 0.500. The van der Waals surface area contributed by atoms with Crippen molar-refractivity contribution in [3.05, 3.63) is 65.2 Å². The van der Waals surface area contributed by atoms with Crippen LogP contribution in [0.5, 0.6) is 17.2 Å². The van der Waals surface area contributed by atoms with Gasteiger partial charge in [-0.05, 0) is 61.6 Å². The van der Waals surface area contributed by atoms with Crippen LogP contribution < -0.4 is 4.74 Å². The number of carbonyl (C=O) groups excluding carboxylic acids is 2. The maximum atomic E-state index is 12.1. The molecule has 0 aromatic heterocycles. The number of aromatic hydroxyl groups is 2. The minimum Gasteiger partial charge on any atom is -0.508 e. The smallest absolute Gasteiger partial charge is 0.163 e. The Kier molecular flexibility index (Phi) is 7.74. The first-order valence-electron chi connectivity index (χ1n) is 9.04. The minimum absolute atomic E-state index is 0.0132. The molecular formula is C23H25NO5. The zero-order chi connectivity index (χ0) is 21.4. The first-order valence-corrected chi connectivity index (χ1v) is 9.04. The zero-order valence-corrected chi connectivity index (χ0v) is 16.8. The van der Waals surface area contributed by atoms with Crippen LogP contribution in [0.4, 0.5) is 0 Å². The molecule has 0 spiro atoms. The van der Waals surface area contributed by atoms with Gasteiger partial charge in [-0.25, -0.2) is 0 Å². The third-order valence-corrected chi connectivity index (χ3v) is 4.07. The third-order valence-electron chi connectivity index (χ3n) is 4.07. The van der Waals surface area contributed by atoms with Gasteiger partial charge in [0, 0.05) is 12.1 Å². The SMILES string of the molecule is COc1cc(/C=C/C(=O)CC(=O)/C=C/c2ccc(O)c(CN(C)C)c2)ccc1O. The Bertz CT molecular complexity index is 944. The van der Waals surface area contributed by atoms with E-state index < -0.39 is 0 Å². The highest BCUT2D eigenvalue weighted by Gasteiger charge is 2.06. The van der Waals surface area contributed by atoms with E-state index in [1.165, 1.54) is 25.3 Å². The van der Waals surface area contributed by atoms with Crippen molar-refractivity contribution in [2.24, 2.45) is 0 Å². The number of methoxy groups -OCH3 is 1. The number of hydrogen-bond acceptors (Lipinski definition) is 6. The second-order valence-electron chi connectivity index (χ2n) is 6.83. The molecule has 0 aliphatic carbocycles. The average molecular weight is 395 g/mol. The molecule has 29 heavy (non-hydrogen) atoms. The predicted octanol–water partition coefficient (Wildman–Crippen LogP) is 3.42. The van der Waals surface area contributed by atoms with Crippen molar-refractivity contribution in [1.29, 1.82) is 0 Å². The van der Waals surface area contributed by atoms with Crippen LogP contribution in [0.3, 0.4) is 0 Å². The van der Waals surface area contributed by atoms with E-state index in [-0.39, 0.29) is 29.5 Å². The summed E-state index contributed by atoms with van der Waals surface area (Å²) in [5.41, 5.74) is 2.20. The second kappa shape index (κ2) is 10.2. The van der Waals surface area contributed by atoms with E-state index >= 15 is 0 Å². The molecule has 0 heterocycles. The Morgan fingerprint density at radius 2 is 1.48 bits per heavy atom. The van der Waals surface area contributed by atoms with Crippen LogP contribution in [0.1, 0.15) is 23.1 Å². The largest absolute Gasteiger partial charge is 0.508 e. The van der Waals surface area contributed by atoms with E-state index in [4.69, 9.17) is 4.74 Å². The standard InChI is InChI=1S/C23H25NO5/c1-24(2)15-18-12-16(6-10-21(18)27)4-8-19(25)14-20(26)9-5-17-7-11-22(28)23(13-17)29-3/h4-13,27-28H,14-15H2,1-3H3/b8-4+,9-5+. The molecule has 0 fully saturated rings. The molecule has 6 heteroatoms. The highest BCUT2D eigenvalue weighted by Crippen LogP contribution is 2.26. The molecule has 152 valence electrons. The molecule has 0 atom stereocenters. The van der Waals surface area contributed by atoms with Gasteiger partial charge in [0.25, 0.3) is 0 Å². The lowest BCUT2D eigenvalue weighted by Gasteiger charge is -2.11. The number of hydrogen-bond donors (Lipinski definition) is 2. The van der Waals surface area contributed by atoms with Gasteiger partial charge in [0.2, 0.25) is 0 Å². The number of phenolic OH excluding ortho intramolecular Hbond substituents is 2. The number of ether oxygens (including phenoxy) is 1. The van der Waals surface area contributed by atoms with Crippen molar-refractivity contribution in [1.82, 2.24) is 4.90 Å². The van der Waals surface area contributed by atoms with Gasteiger partial charge in [-0.3, -0.25) is 9.59 Å². The minimum atomic E-state index is -0.328. The van der Waals surface area contributed by atoms with Crippen LogP contribution in [-0.2, 0) is 16.1 Å². The van der Waals surface area contributed by atoms with Crippen LogP contribution in [0.15, 0.2) is 48.6 Å². The van der Waals surface area contributed by atoms with Gasteiger partial charge in [0.15, 0.2) is 23.1 Å². The summed E-state index contributed by atoms with van der Waals surface area (Å²) < 4.78 is 5.02. The monoisotopic (exact) mass is 395 g/mol. The molecular weight excluding hydrogens is 370 g/mol. The predicted molar refractivity (Wildman–Crippen MR) is 113 cm³/mol. The van der Waals surface area contributed by atoms with Crippen molar-refractivity contribution in [2.75, 3.05) is 21.2 Å². The van der Waals surface area contributed by atoms with E-state index in [2.05, 4.69) is 0 Å². The molecule has 0 unspecified atom stereocenters. The molecule has 2 aromatic rings. The summed E-state index contributed by atoms with van der Waals surface area (Å²) in [4.78, 5) is 26.0. The lowest BCUT2D eigenvalue weighted by atomic mass is 10.1. The molecule has 0 radical (unpaired) electrons. The van der Waals surface area contributed by atoms with Crippen LogP contribution in [0.2, 0.25) is 0 Å². The van der Waals surface area contributed by atoms with Gasteiger partial charge < -0.3 is 19.8 Å². The number of nitrogens with zero attached hydrogens (tertiary/aromatic N) is 1. The number of carbonyl (C=O) groups is 2. The fraction of sp³-hybridized carbons (Fsp3) is 0.217. The maximum Gasteiger partial charge on any atom is 0.163 e. The Morgan fingerprint density at radius 3 is 2.03 bits per heavy atom. The normalized spacial score (nSPS) is 11.4. The average Bonchev–Trinajstić information content (AvgIpc) is 2.67. The van der Waals surface area contributed by atoms with E-state index in [0.717, 1.165) is 11.1 Å². The lowest BCUT2D eigenvalue weighted by molar-refractivity contribution is -0.121. The van der Waals surface area contributed by atoms with Crippen molar-refractivity contribution in [2.45, 2.75) is 13.0 Å². The van der Waals surface area contributed by atoms with Gasteiger partial charge in [-0.15, -0.1) is 0 Å². The van der Waals surface area contributed by atoms with E-state index in [1.807, 2.05) is 19.0 Å². The highest BCUT2D eigenvalue weighted by molar-refractivity contribution is 6.10. The molecule has 0 bridgehead atoms. The summed E-state index contributed by atoms with van der Waals surface area (Å²) in [7, 11) is 5.24. The summed E-state index contributed by atoms with van der Waals surface area (Å²) in [6.07, 6.45) is 5.64. The first-order chi connectivity index (χ1) is 13.8. The van der Waals surface area contributed by atoms with Gasteiger partial charge in [0.05, 0.1) is 13.5 Å². The number of benzene rings is 2. The summed E-state index contributed by atoms with van der Waals surface area (Å²) >= 11 is 0. The molecule has 2 rings (SSSR count). The number of rotatable bonds is 9. The fourth-order valence-corrected chi connectivity index (χ4v) is 2.64. The number of phenols is 2. The molecule has 0 aliphatic heterocycles. The second-order valence-corrected chi connectivity index (χ2v) is 6.83. The first kappa shape index (κ1) is 21.9. The molecule has 0 saturated heterocycles. The fourth-order valence-electron chi connectivity index (χ4n) is 2.64. The Labute approximate surface area is 170 Å². The van der Waals surface area contributed by atoms with Gasteiger partial charge >= 0.3 is 0 Å². The summed E-state index contributed by atoms with van der Waals surface area (Å²) in [6.45, 7) is 0.576. The Morgan fingerprint density at radius 1 is 0.931 bits per heavy atom. The van der Waals surface area contributed by atoms with Crippen molar-refractivity contribution in [3.8, 4) is 17.2 Å². The van der Waals surface area contributed by atoms with Crippen molar-refractivity contribution in [3.63, 3.8) is 0 Å². The Balaban J connectivity index is 1.97. The number of allylic oxidation sites excluding steroid dienone is 2. The summed E-state index contributed by atoms with van der Waals surface area (Å²) in [5.74, 6) is -0.121.